The topological polar surface area (TPSA) is 21.7 Å². The third kappa shape index (κ3) is 4.15. The number of hydrogen-bond donors (Lipinski definition) is 0. The van der Waals surface area contributed by atoms with Crippen molar-refractivity contribution in [3.8, 4) is 5.75 Å². The Labute approximate surface area is 139 Å². The summed E-state index contributed by atoms with van der Waals surface area (Å²) in [6, 6.07) is 4.54. The number of benzene rings is 1. The van der Waals surface area contributed by atoms with E-state index < -0.39 is 0 Å². The SMILES string of the molecule is COCC1COc2c(Cl)cc(C(C)C)cc2CN1CC(C)C. The van der Waals surface area contributed by atoms with Gasteiger partial charge in [-0.1, -0.05) is 45.4 Å². The fourth-order valence-electron chi connectivity index (χ4n) is 2.95. The Bertz CT molecular complexity index is 502. The van der Waals surface area contributed by atoms with E-state index in [1.807, 2.05) is 6.07 Å². The van der Waals surface area contributed by atoms with Gasteiger partial charge in [0, 0.05) is 25.8 Å². The van der Waals surface area contributed by atoms with E-state index in [2.05, 4.69) is 38.7 Å². The van der Waals surface area contributed by atoms with Gasteiger partial charge in [0.25, 0.3) is 0 Å². The lowest BCUT2D eigenvalue weighted by Crippen LogP contribution is -2.42. The molecule has 1 atom stereocenters. The van der Waals surface area contributed by atoms with Gasteiger partial charge in [-0.25, -0.2) is 0 Å². The molecule has 1 aromatic rings. The van der Waals surface area contributed by atoms with Crippen molar-refractivity contribution in [3.63, 3.8) is 0 Å². The molecule has 4 heteroatoms. The fourth-order valence-corrected chi connectivity index (χ4v) is 3.25. The molecule has 0 amide bonds. The van der Waals surface area contributed by atoms with Crippen molar-refractivity contribution >= 4 is 11.6 Å². The number of fused-ring (bicyclic) bond motifs is 1. The summed E-state index contributed by atoms with van der Waals surface area (Å²) in [4.78, 5) is 2.46. The molecule has 1 aliphatic rings. The molecule has 1 unspecified atom stereocenters. The summed E-state index contributed by atoms with van der Waals surface area (Å²) in [7, 11) is 1.75. The zero-order valence-corrected chi connectivity index (χ0v) is 15.1. The summed E-state index contributed by atoms with van der Waals surface area (Å²) in [6.07, 6.45) is 0. The molecule has 0 saturated heterocycles. The summed E-state index contributed by atoms with van der Waals surface area (Å²) in [5, 5.41) is 0.726. The minimum atomic E-state index is 0.262. The molecule has 124 valence electrons. The third-order valence-corrected chi connectivity index (χ3v) is 4.36. The minimum Gasteiger partial charge on any atom is -0.490 e. The highest BCUT2D eigenvalue weighted by molar-refractivity contribution is 6.32. The lowest BCUT2D eigenvalue weighted by atomic mass is 9.99. The largest absolute Gasteiger partial charge is 0.490 e. The van der Waals surface area contributed by atoms with Crippen molar-refractivity contribution < 1.29 is 9.47 Å². The Hall–Kier alpha value is -0.770. The molecule has 1 heterocycles. The highest BCUT2D eigenvalue weighted by Crippen LogP contribution is 2.36. The molecule has 3 nitrogen and oxygen atoms in total. The van der Waals surface area contributed by atoms with Crippen LogP contribution in [0, 0.1) is 5.92 Å². The highest BCUT2D eigenvalue weighted by Gasteiger charge is 2.27. The summed E-state index contributed by atoms with van der Waals surface area (Å²) in [5.41, 5.74) is 2.46. The van der Waals surface area contributed by atoms with Crippen LogP contribution in [0.2, 0.25) is 5.02 Å². The van der Waals surface area contributed by atoms with E-state index in [-0.39, 0.29) is 6.04 Å². The summed E-state index contributed by atoms with van der Waals surface area (Å²) in [6.45, 7) is 12.1. The lowest BCUT2D eigenvalue weighted by Gasteiger charge is -2.30. The molecule has 0 aliphatic carbocycles. The summed E-state index contributed by atoms with van der Waals surface area (Å²) >= 11 is 6.47. The molecule has 0 fully saturated rings. The van der Waals surface area contributed by atoms with Gasteiger partial charge in [-0.2, -0.15) is 0 Å². The van der Waals surface area contributed by atoms with Crippen LogP contribution in [0.15, 0.2) is 12.1 Å². The smallest absolute Gasteiger partial charge is 0.142 e. The molecule has 0 radical (unpaired) electrons. The van der Waals surface area contributed by atoms with Crippen LogP contribution in [0.5, 0.6) is 5.75 Å². The second-order valence-corrected chi connectivity index (χ2v) is 7.30. The zero-order chi connectivity index (χ0) is 16.3. The maximum absolute atomic E-state index is 6.47. The molecule has 0 N–H and O–H groups in total. The molecule has 0 aromatic heterocycles. The van der Waals surface area contributed by atoms with Crippen molar-refractivity contribution in [2.24, 2.45) is 5.92 Å². The number of halogens is 1. The van der Waals surface area contributed by atoms with Gasteiger partial charge in [-0.3, -0.25) is 4.90 Å². The normalized spacial score (nSPS) is 19.2. The summed E-state index contributed by atoms with van der Waals surface area (Å²) in [5.74, 6) is 1.91. The summed E-state index contributed by atoms with van der Waals surface area (Å²) < 4.78 is 11.4. The van der Waals surface area contributed by atoms with E-state index in [0.717, 1.165) is 23.9 Å². The van der Waals surface area contributed by atoms with Crippen LogP contribution < -0.4 is 4.74 Å². The van der Waals surface area contributed by atoms with E-state index in [1.165, 1.54) is 11.1 Å². The zero-order valence-electron chi connectivity index (χ0n) is 14.4. The molecule has 0 saturated carbocycles. The maximum Gasteiger partial charge on any atom is 0.142 e. The first-order valence-electron chi connectivity index (χ1n) is 8.10. The first-order chi connectivity index (χ1) is 10.4. The second kappa shape index (κ2) is 7.67. The monoisotopic (exact) mass is 325 g/mol. The van der Waals surface area contributed by atoms with Crippen molar-refractivity contribution in [3.05, 3.63) is 28.3 Å². The number of nitrogens with zero attached hydrogens (tertiary/aromatic N) is 1. The van der Waals surface area contributed by atoms with Crippen molar-refractivity contribution in [1.29, 1.82) is 0 Å². The van der Waals surface area contributed by atoms with Crippen LogP contribution in [0.25, 0.3) is 0 Å². The van der Waals surface area contributed by atoms with Crippen LogP contribution in [-0.4, -0.2) is 37.8 Å². The van der Waals surface area contributed by atoms with Gasteiger partial charge in [-0.15, -0.1) is 0 Å². The Kier molecular flexibility index (Phi) is 6.13. The van der Waals surface area contributed by atoms with Crippen molar-refractivity contribution in [2.75, 3.05) is 26.9 Å². The van der Waals surface area contributed by atoms with Crippen LogP contribution in [-0.2, 0) is 11.3 Å². The fraction of sp³-hybridized carbons (Fsp3) is 0.667. The minimum absolute atomic E-state index is 0.262. The average Bonchev–Trinajstić information content (AvgIpc) is 2.59. The number of rotatable bonds is 5. The second-order valence-electron chi connectivity index (χ2n) is 6.89. The Morgan fingerprint density at radius 1 is 1.32 bits per heavy atom. The van der Waals surface area contributed by atoms with E-state index in [9.17, 15) is 0 Å². The van der Waals surface area contributed by atoms with E-state index in [1.54, 1.807) is 7.11 Å². The van der Waals surface area contributed by atoms with Gasteiger partial charge in [-0.05, 0) is 23.5 Å². The predicted molar refractivity (Wildman–Crippen MR) is 91.9 cm³/mol. The standard InChI is InChI=1S/C18H28ClNO2/c1-12(2)8-20-9-15-6-14(13(3)4)7-17(19)18(15)22-11-16(20)10-21-5/h6-7,12-13,16H,8-11H2,1-5H3. The quantitative estimate of drug-likeness (QED) is 0.804. The van der Waals surface area contributed by atoms with Crippen LogP contribution in [0.3, 0.4) is 0 Å². The molecule has 0 spiro atoms. The Balaban J connectivity index is 2.34. The molecule has 1 aliphatic heterocycles. The van der Waals surface area contributed by atoms with Crippen LogP contribution in [0.4, 0.5) is 0 Å². The molecular formula is C18H28ClNO2. The van der Waals surface area contributed by atoms with Gasteiger partial charge in [0.15, 0.2) is 0 Å². The van der Waals surface area contributed by atoms with E-state index >= 15 is 0 Å². The highest BCUT2D eigenvalue weighted by atomic mass is 35.5. The third-order valence-electron chi connectivity index (χ3n) is 4.08. The lowest BCUT2D eigenvalue weighted by molar-refractivity contribution is 0.0573. The Morgan fingerprint density at radius 3 is 2.64 bits per heavy atom. The van der Waals surface area contributed by atoms with Gasteiger partial charge >= 0.3 is 0 Å². The molecule has 22 heavy (non-hydrogen) atoms. The van der Waals surface area contributed by atoms with Crippen molar-refractivity contribution in [1.82, 2.24) is 4.90 Å². The van der Waals surface area contributed by atoms with Crippen LogP contribution >= 0.6 is 11.6 Å². The first kappa shape index (κ1) is 17.6. The molecule has 0 bridgehead atoms. The molecule has 2 rings (SSSR count). The Morgan fingerprint density at radius 2 is 2.05 bits per heavy atom. The number of methoxy groups -OCH3 is 1. The van der Waals surface area contributed by atoms with E-state index in [0.29, 0.717) is 25.0 Å². The van der Waals surface area contributed by atoms with Gasteiger partial charge < -0.3 is 9.47 Å². The average molecular weight is 326 g/mol. The number of ether oxygens (including phenoxy) is 2. The molecule has 1 aromatic carbocycles. The van der Waals surface area contributed by atoms with E-state index in [4.69, 9.17) is 21.1 Å². The maximum atomic E-state index is 6.47. The number of hydrogen-bond acceptors (Lipinski definition) is 3. The van der Waals surface area contributed by atoms with Gasteiger partial charge in [0.05, 0.1) is 17.7 Å². The van der Waals surface area contributed by atoms with Gasteiger partial charge in [0.1, 0.15) is 12.4 Å². The molecular weight excluding hydrogens is 298 g/mol. The van der Waals surface area contributed by atoms with Crippen LogP contribution in [0.1, 0.15) is 44.7 Å². The van der Waals surface area contributed by atoms with Gasteiger partial charge in [0.2, 0.25) is 0 Å². The van der Waals surface area contributed by atoms with Crippen molar-refractivity contribution in [2.45, 2.75) is 46.2 Å². The predicted octanol–water partition coefficient (Wildman–Crippen LogP) is 4.33. The first-order valence-corrected chi connectivity index (χ1v) is 8.48.